The van der Waals surface area contributed by atoms with Crippen molar-refractivity contribution in [3.05, 3.63) is 42.0 Å². The van der Waals surface area contributed by atoms with E-state index < -0.39 is 23.4 Å². The third-order valence-electron chi connectivity index (χ3n) is 3.45. The summed E-state index contributed by atoms with van der Waals surface area (Å²) < 4.78 is 10.3. The highest BCUT2D eigenvalue weighted by molar-refractivity contribution is 6.13. The molecule has 4 N–H and O–H groups in total. The van der Waals surface area contributed by atoms with Gasteiger partial charge in [-0.15, -0.1) is 0 Å². The second-order valence-corrected chi connectivity index (χ2v) is 4.87. The smallest absolute Gasteiger partial charge is 0.304 e. The Hall–Kier alpha value is -3.09. The van der Waals surface area contributed by atoms with Crippen LogP contribution in [-0.2, 0) is 24.7 Å². The Morgan fingerprint density at radius 2 is 1.61 bits per heavy atom. The molecule has 0 aromatic heterocycles. The molecule has 2 amide bonds. The molecule has 2 aromatic rings. The van der Waals surface area contributed by atoms with Gasteiger partial charge in [-0.25, -0.2) is 0 Å². The molecular formula is C16H16N2O5. The van der Waals surface area contributed by atoms with Crippen molar-refractivity contribution < 1.29 is 23.9 Å². The van der Waals surface area contributed by atoms with Crippen LogP contribution in [0.2, 0.25) is 0 Å². The number of methoxy groups -OCH3 is 1. The predicted octanol–water partition coefficient (Wildman–Crippen LogP) is 0.577. The van der Waals surface area contributed by atoms with E-state index in [2.05, 4.69) is 0 Å². The van der Waals surface area contributed by atoms with Crippen LogP contribution in [0.5, 0.6) is 5.75 Å². The van der Waals surface area contributed by atoms with E-state index in [4.69, 9.17) is 20.9 Å². The van der Waals surface area contributed by atoms with Gasteiger partial charge in [-0.3, -0.25) is 14.4 Å². The molecule has 120 valence electrons. The second kappa shape index (κ2) is 5.96. The SMILES string of the molecule is COc1ccc2ccccc2c1C(OC(C)=O)(C(N)=O)C(N)=O. The number of rotatable bonds is 5. The largest absolute Gasteiger partial charge is 0.496 e. The fourth-order valence-electron chi connectivity index (χ4n) is 2.52. The van der Waals surface area contributed by atoms with Crippen LogP contribution < -0.4 is 16.2 Å². The summed E-state index contributed by atoms with van der Waals surface area (Å²) in [5.41, 5.74) is 8.34. The van der Waals surface area contributed by atoms with Gasteiger partial charge in [0.05, 0.1) is 12.7 Å². The Labute approximate surface area is 132 Å². The lowest BCUT2D eigenvalue weighted by atomic mass is 9.86. The summed E-state index contributed by atoms with van der Waals surface area (Å²) in [5, 5.41) is 1.16. The van der Waals surface area contributed by atoms with Crippen molar-refractivity contribution in [2.45, 2.75) is 12.5 Å². The molecule has 0 spiro atoms. The number of amides is 2. The highest BCUT2D eigenvalue weighted by Gasteiger charge is 2.51. The van der Waals surface area contributed by atoms with Crippen LogP contribution in [0.1, 0.15) is 12.5 Å². The van der Waals surface area contributed by atoms with Crippen molar-refractivity contribution in [1.29, 1.82) is 0 Å². The highest BCUT2D eigenvalue weighted by atomic mass is 16.6. The van der Waals surface area contributed by atoms with E-state index in [1.54, 1.807) is 36.4 Å². The number of carbonyl (C=O) groups excluding carboxylic acids is 3. The number of esters is 1. The molecule has 0 saturated heterocycles. The van der Waals surface area contributed by atoms with E-state index in [-0.39, 0.29) is 11.3 Å². The van der Waals surface area contributed by atoms with E-state index in [0.29, 0.717) is 10.8 Å². The molecule has 2 rings (SSSR count). The highest BCUT2D eigenvalue weighted by Crippen LogP contribution is 2.39. The molecule has 7 heteroatoms. The Balaban J connectivity index is 2.97. The molecule has 0 atom stereocenters. The molecule has 2 aromatic carbocycles. The molecule has 0 bridgehead atoms. The summed E-state index contributed by atoms with van der Waals surface area (Å²) in [6.07, 6.45) is 0. The van der Waals surface area contributed by atoms with Crippen LogP contribution in [0.15, 0.2) is 36.4 Å². The van der Waals surface area contributed by atoms with Gasteiger partial charge in [0.15, 0.2) is 0 Å². The number of hydrogen-bond donors (Lipinski definition) is 2. The number of carbonyl (C=O) groups is 3. The number of fused-ring (bicyclic) bond motifs is 1. The van der Waals surface area contributed by atoms with Crippen molar-refractivity contribution in [3.8, 4) is 5.75 Å². The van der Waals surface area contributed by atoms with E-state index in [1.165, 1.54) is 7.11 Å². The minimum atomic E-state index is -2.46. The van der Waals surface area contributed by atoms with Crippen LogP contribution in [0, 0.1) is 0 Å². The first-order chi connectivity index (χ1) is 10.8. The Bertz CT molecular complexity index is 786. The van der Waals surface area contributed by atoms with Crippen LogP contribution in [0.4, 0.5) is 0 Å². The maximum absolute atomic E-state index is 12.1. The van der Waals surface area contributed by atoms with Crippen molar-refractivity contribution >= 4 is 28.6 Å². The monoisotopic (exact) mass is 316 g/mol. The van der Waals surface area contributed by atoms with Crippen molar-refractivity contribution in [2.24, 2.45) is 11.5 Å². The van der Waals surface area contributed by atoms with Gasteiger partial charge in [-0.1, -0.05) is 30.3 Å². The number of nitrogens with two attached hydrogens (primary N) is 2. The average Bonchev–Trinajstić information content (AvgIpc) is 2.50. The molecule has 0 saturated carbocycles. The number of benzene rings is 2. The third kappa shape index (κ3) is 2.57. The van der Waals surface area contributed by atoms with Crippen LogP contribution in [0.25, 0.3) is 10.8 Å². The Morgan fingerprint density at radius 1 is 1.00 bits per heavy atom. The molecule has 0 unspecified atom stereocenters. The van der Waals surface area contributed by atoms with Gasteiger partial charge in [0.25, 0.3) is 17.4 Å². The zero-order valence-corrected chi connectivity index (χ0v) is 12.7. The van der Waals surface area contributed by atoms with Crippen LogP contribution in [0.3, 0.4) is 0 Å². The van der Waals surface area contributed by atoms with Gasteiger partial charge in [0.2, 0.25) is 0 Å². The summed E-state index contributed by atoms with van der Waals surface area (Å²) in [7, 11) is 1.36. The predicted molar refractivity (Wildman–Crippen MR) is 82.3 cm³/mol. The first-order valence-corrected chi connectivity index (χ1v) is 6.70. The first kappa shape index (κ1) is 16.3. The molecule has 0 aliphatic carbocycles. The van der Waals surface area contributed by atoms with E-state index >= 15 is 0 Å². The first-order valence-electron chi connectivity index (χ1n) is 6.70. The third-order valence-corrected chi connectivity index (χ3v) is 3.45. The molecule has 0 aliphatic heterocycles. The second-order valence-electron chi connectivity index (χ2n) is 4.87. The van der Waals surface area contributed by atoms with Crippen LogP contribution in [-0.4, -0.2) is 24.9 Å². The Morgan fingerprint density at radius 3 is 2.13 bits per heavy atom. The van der Waals surface area contributed by atoms with Crippen molar-refractivity contribution in [1.82, 2.24) is 0 Å². The lowest BCUT2D eigenvalue weighted by Crippen LogP contribution is -2.54. The van der Waals surface area contributed by atoms with Gasteiger partial charge in [0, 0.05) is 6.92 Å². The summed E-state index contributed by atoms with van der Waals surface area (Å²) in [6, 6.07) is 10.2. The summed E-state index contributed by atoms with van der Waals surface area (Å²) in [5.74, 6) is -3.12. The van der Waals surface area contributed by atoms with Crippen molar-refractivity contribution in [3.63, 3.8) is 0 Å². The summed E-state index contributed by atoms with van der Waals surface area (Å²) in [4.78, 5) is 35.7. The van der Waals surface area contributed by atoms with E-state index in [1.807, 2.05) is 0 Å². The van der Waals surface area contributed by atoms with E-state index in [9.17, 15) is 14.4 Å². The molecule has 0 heterocycles. The molecule has 0 radical (unpaired) electrons. The topological polar surface area (TPSA) is 122 Å². The summed E-state index contributed by atoms with van der Waals surface area (Å²) >= 11 is 0. The molecule has 0 aliphatic rings. The molecule has 0 fully saturated rings. The maximum Gasteiger partial charge on any atom is 0.304 e. The maximum atomic E-state index is 12.1. The van der Waals surface area contributed by atoms with Gasteiger partial charge in [-0.05, 0) is 16.8 Å². The summed E-state index contributed by atoms with van der Waals surface area (Å²) in [6.45, 7) is 1.05. The van der Waals surface area contributed by atoms with Crippen molar-refractivity contribution in [2.75, 3.05) is 7.11 Å². The average molecular weight is 316 g/mol. The van der Waals surface area contributed by atoms with Gasteiger partial charge in [0.1, 0.15) is 5.75 Å². The number of primary amides is 2. The zero-order chi connectivity index (χ0) is 17.2. The quantitative estimate of drug-likeness (QED) is 0.617. The fourth-order valence-corrected chi connectivity index (χ4v) is 2.52. The van der Waals surface area contributed by atoms with Gasteiger partial charge < -0.3 is 20.9 Å². The minimum absolute atomic E-state index is 0.00769. The normalized spacial score (nSPS) is 11.0. The lowest BCUT2D eigenvalue weighted by molar-refractivity contribution is -0.172. The number of ether oxygens (including phenoxy) is 2. The standard InChI is InChI=1S/C16H16N2O5/c1-9(19)23-16(14(17)20,15(18)21)13-11-6-4-3-5-10(11)7-8-12(13)22-2/h3-8H,1-2H3,(H2,17,20)(H2,18,21). The minimum Gasteiger partial charge on any atom is -0.496 e. The number of hydrogen-bond acceptors (Lipinski definition) is 5. The lowest BCUT2D eigenvalue weighted by Gasteiger charge is -2.29. The Kier molecular flexibility index (Phi) is 4.22. The fraction of sp³-hybridized carbons (Fsp3) is 0.188. The molecular weight excluding hydrogens is 300 g/mol. The zero-order valence-electron chi connectivity index (χ0n) is 12.7. The molecule has 7 nitrogen and oxygen atoms in total. The van der Waals surface area contributed by atoms with E-state index in [0.717, 1.165) is 6.92 Å². The van der Waals surface area contributed by atoms with Crippen LogP contribution >= 0.6 is 0 Å². The van der Waals surface area contributed by atoms with Gasteiger partial charge in [-0.2, -0.15) is 0 Å². The van der Waals surface area contributed by atoms with Gasteiger partial charge >= 0.3 is 5.97 Å². The molecule has 23 heavy (non-hydrogen) atoms.